The number of phenols is 1. The number of para-hydroxylation sites is 4. The summed E-state index contributed by atoms with van der Waals surface area (Å²) in [4.78, 5) is 0. The molecule has 128 valence electrons. The number of hydrogen-bond acceptors (Lipinski definition) is 4. The van der Waals surface area contributed by atoms with Crippen molar-refractivity contribution in [1.29, 1.82) is 0 Å². The molecular weight excluding hydrogens is 312 g/mol. The number of rotatable bonds is 7. The van der Waals surface area contributed by atoms with Crippen LogP contribution in [0, 0.1) is 0 Å². The number of benzene rings is 3. The van der Waals surface area contributed by atoms with Crippen LogP contribution in [0.5, 0.6) is 11.5 Å². The molecule has 0 fully saturated rings. The lowest BCUT2D eigenvalue weighted by Crippen LogP contribution is -1.99. The lowest BCUT2D eigenvalue weighted by Gasteiger charge is -2.13. The summed E-state index contributed by atoms with van der Waals surface area (Å²) in [7, 11) is 0. The first-order valence-electron chi connectivity index (χ1n) is 8.40. The van der Waals surface area contributed by atoms with E-state index in [9.17, 15) is 5.11 Å². The fourth-order valence-corrected chi connectivity index (χ4v) is 2.44. The van der Waals surface area contributed by atoms with E-state index in [4.69, 9.17) is 4.74 Å². The zero-order valence-electron chi connectivity index (χ0n) is 14.2. The Morgan fingerprint density at radius 3 is 1.96 bits per heavy atom. The molecule has 0 amide bonds. The van der Waals surface area contributed by atoms with Gasteiger partial charge in [0.05, 0.1) is 18.0 Å². The summed E-state index contributed by atoms with van der Waals surface area (Å²) in [5.41, 5.74) is 3.50. The van der Waals surface area contributed by atoms with Crippen LogP contribution < -0.4 is 15.4 Å². The highest BCUT2D eigenvalue weighted by Crippen LogP contribution is 2.30. The van der Waals surface area contributed by atoms with Crippen molar-refractivity contribution in [3.05, 3.63) is 72.8 Å². The molecule has 0 heterocycles. The van der Waals surface area contributed by atoms with E-state index >= 15 is 0 Å². The lowest BCUT2D eigenvalue weighted by atomic mass is 10.2. The van der Waals surface area contributed by atoms with Gasteiger partial charge < -0.3 is 20.5 Å². The second-order valence-corrected chi connectivity index (χ2v) is 5.69. The van der Waals surface area contributed by atoms with Crippen LogP contribution in [0.3, 0.4) is 0 Å². The van der Waals surface area contributed by atoms with Gasteiger partial charge in [0.2, 0.25) is 0 Å². The summed E-state index contributed by atoms with van der Waals surface area (Å²) in [5, 5.41) is 16.4. The topological polar surface area (TPSA) is 53.5 Å². The molecule has 4 nitrogen and oxygen atoms in total. The fourth-order valence-electron chi connectivity index (χ4n) is 2.44. The minimum atomic E-state index is 0.228. The molecule has 0 radical (unpaired) electrons. The van der Waals surface area contributed by atoms with Crippen molar-refractivity contribution in [2.75, 3.05) is 17.2 Å². The molecule has 0 unspecified atom stereocenters. The summed E-state index contributed by atoms with van der Waals surface area (Å²) < 4.78 is 5.77. The number of nitrogens with one attached hydrogen (secondary N) is 2. The van der Waals surface area contributed by atoms with Gasteiger partial charge in [0.1, 0.15) is 11.5 Å². The van der Waals surface area contributed by atoms with Gasteiger partial charge >= 0.3 is 0 Å². The molecule has 0 saturated heterocycles. The SMILES string of the molecule is CCCOc1ccccc1Nc1ccc(Nc2ccccc2O)cc1. The largest absolute Gasteiger partial charge is 0.506 e. The van der Waals surface area contributed by atoms with Crippen LogP contribution in [0.4, 0.5) is 22.7 Å². The van der Waals surface area contributed by atoms with Crippen molar-refractivity contribution < 1.29 is 9.84 Å². The maximum absolute atomic E-state index is 9.83. The Kier molecular flexibility index (Phi) is 5.42. The lowest BCUT2D eigenvalue weighted by molar-refractivity contribution is 0.319. The van der Waals surface area contributed by atoms with E-state index in [1.165, 1.54) is 0 Å². The average Bonchev–Trinajstić information content (AvgIpc) is 2.64. The highest BCUT2D eigenvalue weighted by atomic mass is 16.5. The highest BCUT2D eigenvalue weighted by Gasteiger charge is 2.04. The Morgan fingerprint density at radius 1 is 0.760 bits per heavy atom. The molecule has 3 rings (SSSR count). The van der Waals surface area contributed by atoms with Crippen molar-refractivity contribution in [3.8, 4) is 11.5 Å². The summed E-state index contributed by atoms with van der Waals surface area (Å²) in [6.07, 6.45) is 0.973. The van der Waals surface area contributed by atoms with Crippen LogP contribution >= 0.6 is 0 Å². The van der Waals surface area contributed by atoms with Crippen LogP contribution in [-0.2, 0) is 0 Å². The molecule has 0 spiro atoms. The van der Waals surface area contributed by atoms with Gasteiger partial charge in [-0.1, -0.05) is 31.2 Å². The van der Waals surface area contributed by atoms with Gasteiger partial charge in [-0.25, -0.2) is 0 Å². The minimum Gasteiger partial charge on any atom is -0.506 e. The molecule has 0 aliphatic rings. The predicted octanol–water partition coefficient (Wildman–Crippen LogP) is 5.67. The zero-order chi connectivity index (χ0) is 17.5. The van der Waals surface area contributed by atoms with E-state index in [2.05, 4.69) is 17.6 Å². The van der Waals surface area contributed by atoms with Crippen LogP contribution in [0.1, 0.15) is 13.3 Å². The average molecular weight is 334 g/mol. The summed E-state index contributed by atoms with van der Waals surface area (Å²) in [6.45, 7) is 2.79. The Hall–Kier alpha value is -3.14. The first-order chi connectivity index (χ1) is 12.3. The smallest absolute Gasteiger partial charge is 0.142 e. The molecule has 3 N–H and O–H groups in total. The number of aromatic hydroxyl groups is 1. The third-order valence-corrected chi connectivity index (χ3v) is 3.70. The third-order valence-electron chi connectivity index (χ3n) is 3.70. The Balaban J connectivity index is 1.70. The third kappa shape index (κ3) is 4.44. The van der Waals surface area contributed by atoms with Gasteiger partial charge in [-0.2, -0.15) is 0 Å². The Bertz CT molecular complexity index is 816. The number of anilines is 4. The molecule has 0 bridgehead atoms. The van der Waals surface area contributed by atoms with E-state index in [-0.39, 0.29) is 5.75 Å². The first-order valence-corrected chi connectivity index (χ1v) is 8.40. The standard InChI is InChI=1S/C21H22N2O2/c1-2-15-25-21-10-6-4-8-19(21)23-17-13-11-16(12-14-17)22-18-7-3-5-9-20(18)24/h3-14,22-24H,2,15H2,1H3. The summed E-state index contributed by atoms with van der Waals surface area (Å²) >= 11 is 0. The van der Waals surface area contributed by atoms with Crippen LogP contribution in [0.2, 0.25) is 0 Å². The molecule has 25 heavy (non-hydrogen) atoms. The normalized spacial score (nSPS) is 10.3. The molecule has 0 aliphatic carbocycles. The van der Waals surface area contributed by atoms with E-state index in [1.54, 1.807) is 12.1 Å². The Labute approximate surface area is 148 Å². The van der Waals surface area contributed by atoms with Crippen LogP contribution in [0.15, 0.2) is 72.8 Å². The van der Waals surface area contributed by atoms with Crippen molar-refractivity contribution in [3.63, 3.8) is 0 Å². The van der Waals surface area contributed by atoms with Crippen molar-refractivity contribution in [1.82, 2.24) is 0 Å². The van der Waals surface area contributed by atoms with Gasteiger partial charge in [-0.15, -0.1) is 0 Å². The monoisotopic (exact) mass is 334 g/mol. The maximum Gasteiger partial charge on any atom is 0.142 e. The van der Waals surface area contributed by atoms with Crippen LogP contribution in [-0.4, -0.2) is 11.7 Å². The Morgan fingerprint density at radius 2 is 1.32 bits per heavy atom. The number of ether oxygens (including phenoxy) is 1. The summed E-state index contributed by atoms with van der Waals surface area (Å²) in [5.74, 6) is 1.08. The zero-order valence-corrected chi connectivity index (χ0v) is 14.2. The van der Waals surface area contributed by atoms with Gasteiger partial charge in [0, 0.05) is 11.4 Å². The van der Waals surface area contributed by atoms with Gasteiger partial charge in [-0.3, -0.25) is 0 Å². The second kappa shape index (κ2) is 8.11. The molecule has 3 aromatic rings. The first kappa shape index (κ1) is 16.7. The second-order valence-electron chi connectivity index (χ2n) is 5.69. The molecule has 0 aromatic heterocycles. The maximum atomic E-state index is 9.83. The molecular formula is C21H22N2O2. The minimum absolute atomic E-state index is 0.228. The highest BCUT2D eigenvalue weighted by molar-refractivity contribution is 5.70. The number of phenolic OH excluding ortho intramolecular Hbond substituents is 1. The van der Waals surface area contributed by atoms with Crippen molar-refractivity contribution >= 4 is 22.7 Å². The molecule has 3 aromatic carbocycles. The quantitative estimate of drug-likeness (QED) is 0.487. The summed E-state index contributed by atoms with van der Waals surface area (Å²) in [6, 6.07) is 23.0. The van der Waals surface area contributed by atoms with E-state index in [0.717, 1.165) is 29.2 Å². The van der Waals surface area contributed by atoms with Gasteiger partial charge in [-0.05, 0) is 55.0 Å². The molecule has 0 aliphatic heterocycles. The van der Waals surface area contributed by atoms with Gasteiger partial charge in [0.15, 0.2) is 0 Å². The van der Waals surface area contributed by atoms with E-state index in [0.29, 0.717) is 12.3 Å². The molecule has 4 heteroatoms. The van der Waals surface area contributed by atoms with E-state index < -0.39 is 0 Å². The predicted molar refractivity (Wildman–Crippen MR) is 103 cm³/mol. The molecule has 0 atom stereocenters. The van der Waals surface area contributed by atoms with Crippen molar-refractivity contribution in [2.45, 2.75) is 13.3 Å². The number of hydrogen-bond donors (Lipinski definition) is 3. The molecule has 0 saturated carbocycles. The van der Waals surface area contributed by atoms with Crippen molar-refractivity contribution in [2.24, 2.45) is 0 Å². The van der Waals surface area contributed by atoms with E-state index in [1.807, 2.05) is 60.7 Å². The van der Waals surface area contributed by atoms with Gasteiger partial charge in [0.25, 0.3) is 0 Å². The van der Waals surface area contributed by atoms with Crippen LogP contribution in [0.25, 0.3) is 0 Å². The fraction of sp³-hybridized carbons (Fsp3) is 0.143.